The lowest BCUT2D eigenvalue weighted by molar-refractivity contribution is 0.102. The summed E-state index contributed by atoms with van der Waals surface area (Å²) in [6.07, 6.45) is 2.51. The summed E-state index contributed by atoms with van der Waals surface area (Å²) in [6.45, 7) is 4.71. The Morgan fingerprint density at radius 3 is 2.64 bits per heavy atom. The van der Waals surface area contributed by atoms with Gasteiger partial charge in [0.2, 0.25) is 0 Å². The topological polar surface area (TPSA) is 63.2 Å². The molecule has 1 amide bonds. The van der Waals surface area contributed by atoms with Crippen molar-refractivity contribution in [1.82, 2.24) is 4.98 Å². The maximum atomic E-state index is 12.5. The largest absolute Gasteiger partial charge is 0.496 e. The lowest BCUT2D eigenvalue weighted by atomic mass is 10.1. The Morgan fingerprint density at radius 1 is 1.07 bits per heavy atom. The molecule has 1 heterocycles. The summed E-state index contributed by atoms with van der Waals surface area (Å²) in [4.78, 5) is 16.7. The third kappa shape index (κ3) is 4.88. The van der Waals surface area contributed by atoms with Crippen LogP contribution in [0.25, 0.3) is 0 Å². The highest BCUT2D eigenvalue weighted by Crippen LogP contribution is 2.19. The quantitative estimate of drug-likeness (QED) is 0.633. The van der Waals surface area contributed by atoms with E-state index in [0.717, 1.165) is 46.8 Å². The molecule has 2 aromatic carbocycles. The van der Waals surface area contributed by atoms with Gasteiger partial charge in [0.1, 0.15) is 11.4 Å². The van der Waals surface area contributed by atoms with Crippen LogP contribution in [0.2, 0.25) is 0 Å². The number of carbonyl (C=O) groups excluding carboxylic acids is 1. The van der Waals surface area contributed by atoms with Crippen LogP contribution < -0.4 is 15.4 Å². The van der Waals surface area contributed by atoms with Crippen LogP contribution in [0.1, 0.15) is 27.2 Å². The molecule has 0 unspecified atom stereocenters. The average Bonchev–Trinajstić information content (AvgIpc) is 2.71. The van der Waals surface area contributed by atoms with E-state index in [2.05, 4.69) is 21.7 Å². The first-order valence-electron chi connectivity index (χ1n) is 9.27. The van der Waals surface area contributed by atoms with Gasteiger partial charge < -0.3 is 15.4 Å². The first-order valence-corrected chi connectivity index (χ1v) is 9.27. The maximum Gasteiger partial charge on any atom is 0.274 e. The Morgan fingerprint density at radius 2 is 1.89 bits per heavy atom. The van der Waals surface area contributed by atoms with Gasteiger partial charge in [-0.3, -0.25) is 4.79 Å². The van der Waals surface area contributed by atoms with Crippen molar-refractivity contribution in [1.29, 1.82) is 0 Å². The van der Waals surface area contributed by atoms with E-state index in [9.17, 15) is 4.79 Å². The highest BCUT2D eigenvalue weighted by atomic mass is 16.5. The number of methoxy groups -OCH3 is 1. The molecule has 3 aromatic rings. The predicted octanol–water partition coefficient (Wildman–Crippen LogP) is 4.61. The lowest BCUT2D eigenvalue weighted by Crippen LogP contribution is -2.15. The molecule has 3 rings (SSSR count). The normalized spacial score (nSPS) is 10.4. The van der Waals surface area contributed by atoms with E-state index in [0.29, 0.717) is 5.69 Å². The smallest absolute Gasteiger partial charge is 0.274 e. The number of hydrogen-bond donors (Lipinski definition) is 2. The predicted molar refractivity (Wildman–Crippen MR) is 113 cm³/mol. The molecule has 0 saturated heterocycles. The van der Waals surface area contributed by atoms with Gasteiger partial charge >= 0.3 is 0 Å². The van der Waals surface area contributed by atoms with E-state index < -0.39 is 0 Å². The zero-order chi connectivity index (χ0) is 19.9. The fourth-order valence-corrected chi connectivity index (χ4v) is 2.94. The van der Waals surface area contributed by atoms with Crippen LogP contribution in [0.3, 0.4) is 0 Å². The molecular weight excluding hydrogens is 350 g/mol. The second-order valence-electron chi connectivity index (χ2n) is 6.69. The van der Waals surface area contributed by atoms with Gasteiger partial charge in [-0.2, -0.15) is 0 Å². The number of anilines is 2. The Kier molecular flexibility index (Phi) is 6.27. The monoisotopic (exact) mass is 375 g/mol. The van der Waals surface area contributed by atoms with Crippen molar-refractivity contribution >= 4 is 17.3 Å². The van der Waals surface area contributed by atoms with Crippen LogP contribution in [-0.4, -0.2) is 24.5 Å². The van der Waals surface area contributed by atoms with Crippen molar-refractivity contribution in [3.8, 4) is 5.75 Å². The van der Waals surface area contributed by atoms with Crippen LogP contribution in [0.5, 0.6) is 5.75 Å². The van der Waals surface area contributed by atoms with Gasteiger partial charge in [0, 0.05) is 12.2 Å². The molecule has 0 fully saturated rings. The number of para-hydroxylation sites is 1. The van der Waals surface area contributed by atoms with Crippen molar-refractivity contribution in [3.05, 3.63) is 83.2 Å². The first kappa shape index (κ1) is 19.4. The molecule has 0 spiro atoms. The molecule has 0 aliphatic carbocycles. The van der Waals surface area contributed by atoms with Crippen LogP contribution in [0.4, 0.5) is 11.4 Å². The minimum Gasteiger partial charge on any atom is -0.496 e. The van der Waals surface area contributed by atoms with Crippen molar-refractivity contribution in [2.24, 2.45) is 0 Å². The first-order chi connectivity index (χ1) is 13.6. The number of benzene rings is 2. The third-order valence-corrected chi connectivity index (χ3v) is 4.55. The third-order valence-electron chi connectivity index (χ3n) is 4.55. The molecule has 0 saturated carbocycles. The van der Waals surface area contributed by atoms with Crippen LogP contribution >= 0.6 is 0 Å². The Bertz CT molecular complexity index is 952. The number of nitrogens with zero attached hydrogens (tertiary/aromatic N) is 1. The molecule has 0 aliphatic rings. The SMILES string of the molecule is COc1ccccc1CCNc1ccc(C(=O)Nc2cc(C)ccc2C)nc1. The molecule has 0 atom stereocenters. The number of amides is 1. The van der Waals surface area contributed by atoms with Gasteiger partial charge in [-0.15, -0.1) is 0 Å². The van der Waals surface area contributed by atoms with Crippen molar-refractivity contribution in [2.45, 2.75) is 20.3 Å². The number of aryl methyl sites for hydroxylation is 2. The molecule has 144 valence electrons. The Labute approximate surface area is 165 Å². The number of aromatic nitrogens is 1. The lowest BCUT2D eigenvalue weighted by Gasteiger charge is -2.11. The molecule has 5 nitrogen and oxygen atoms in total. The van der Waals surface area contributed by atoms with Crippen LogP contribution in [0.15, 0.2) is 60.8 Å². The summed E-state index contributed by atoms with van der Waals surface area (Å²) in [7, 11) is 1.68. The Balaban J connectivity index is 1.57. The fourth-order valence-electron chi connectivity index (χ4n) is 2.94. The van der Waals surface area contributed by atoms with Gasteiger partial charge in [0.25, 0.3) is 5.91 Å². The van der Waals surface area contributed by atoms with E-state index >= 15 is 0 Å². The second-order valence-corrected chi connectivity index (χ2v) is 6.69. The number of pyridine rings is 1. The number of rotatable bonds is 7. The van der Waals surface area contributed by atoms with Crippen molar-refractivity contribution in [2.75, 3.05) is 24.3 Å². The van der Waals surface area contributed by atoms with Gasteiger partial charge in [-0.1, -0.05) is 30.3 Å². The highest BCUT2D eigenvalue weighted by molar-refractivity contribution is 6.03. The summed E-state index contributed by atoms with van der Waals surface area (Å²) in [5, 5.41) is 6.26. The molecular formula is C23H25N3O2. The summed E-state index contributed by atoms with van der Waals surface area (Å²) < 4.78 is 5.37. The van der Waals surface area contributed by atoms with Gasteiger partial charge in [-0.25, -0.2) is 4.98 Å². The zero-order valence-corrected chi connectivity index (χ0v) is 16.5. The minimum absolute atomic E-state index is 0.214. The molecule has 0 radical (unpaired) electrons. The van der Waals surface area contributed by atoms with E-state index in [1.54, 1.807) is 19.4 Å². The van der Waals surface area contributed by atoms with Gasteiger partial charge in [-0.05, 0) is 61.2 Å². The fraction of sp³-hybridized carbons (Fsp3) is 0.217. The summed E-state index contributed by atoms with van der Waals surface area (Å²) in [5.74, 6) is 0.676. The number of nitrogens with one attached hydrogen (secondary N) is 2. The van der Waals surface area contributed by atoms with Crippen LogP contribution in [0, 0.1) is 13.8 Å². The zero-order valence-electron chi connectivity index (χ0n) is 16.5. The summed E-state index contributed by atoms with van der Waals surface area (Å²) in [5.41, 5.74) is 5.34. The number of ether oxygens (including phenoxy) is 1. The van der Waals surface area contributed by atoms with E-state index in [1.165, 1.54) is 0 Å². The average molecular weight is 375 g/mol. The number of carbonyl (C=O) groups is 1. The summed E-state index contributed by atoms with van der Waals surface area (Å²) >= 11 is 0. The van der Waals surface area contributed by atoms with Crippen molar-refractivity contribution in [3.63, 3.8) is 0 Å². The standard InChI is InChI=1S/C23H25N3O2/c1-16-8-9-17(2)21(14-16)26-23(27)20-11-10-19(15-25-20)24-13-12-18-6-4-5-7-22(18)28-3/h4-11,14-15,24H,12-13H2,1-3H3,(H,26,27). The summed E-state index contributed by atoms with van der Waals surface area (Å²) in [6, 6.07) is 17.5. The minimum atomic E-state index is -0.214. The molecule has 28 heavy (non-hydrogen) atoms. The molecule has 0 bridgehead atoms. The number of hydrogen-bond acceptors (Lipinski definition) is 4. The van der Waals surface area contributed by atoms with E-state index in [-0.39, 0.29) is 5.91 Å². The van der Waals surface area contributed by atoms with E-state index in [1.807, 2.05) is 56.3 Å². The van der Waals surface area contributed by atoms with E-state index in [4.69, 9.17) is 4.74 Å². The maximum absolute atomic E-state index is 12.5. The Hall–Kier alpha value is -3.34. The second kappa shape index (κ2) is 9.04. The molecule has 0 aliphatic heterocycles. The molecule has 5 heteroatoms. The highest BCUT2D eigenvalue weighted by Gasteiger charge is 2.09. The van der Waals surface area contributed by atoms with Crippen molar-refractivity contribution < 1.29 is 9.53 Å². The molecule has 1 aromatic heterocycles. The van der Waals surface area contributed by atoms with Gasteiger partial charge in [0.05, 0.1) is 19.0 Å². The van der Waals surface area contributed by atoms with Crippen LogP contribution in [-0.2, 0) is 6.42 Å². The van der Waals surface area contributed by atoms with Gasteiger partial charge in [0.15, 0.2) is 0 Å². The molecule has 2 N–H and O–H groups in total.